The Kier molecular flexibility index (Phi) is 6.29. The van der Waals surface area contributed by atoms with Gasteiger partial charge in [0.05, 0.1) is 12.1 Å². The second kappa shape index (κ2) is 8.86. The van der Waals surface area contributed by atoms with Crippen molar-refractivity contribution >= 4 is 23.0 Å². The molecule has 1 aliphatic carbocycles. The summed E-state index contributed by atoms with van der Waals surface area (Å²) in [6, 6.07) is 18.7. The number of hydrogen-bond acceptors (Lipinski definition) is 2. The van der Waals surface area contributed by atoms with E-state index in [4.69, 9.17) is 17.0 Å². The van der Waals surface area contributed by atoms with E-state index in [1.54, 1.807) is 0 Å². The molecule has 1 aliphatic rings. The van der Waals surface area contributed by atoms with Crippen molar-refractivity contribution in [3.63, 3.8) is 0 Å². The predicted octanol–water partition coefficient (Wildman–Crippen LogP) is 5.45. The van der Waals surface area contributed by atoms with E-state index in [0.717, 1.165) is 17.9 Å². The molecule has 1 atom stereocenters. The van der Waals surface area contributed by atoms with E-state index in [9.17, 15) is 0 Å². The second-order valence-electron chi connectivity index (χ2n) is 6.52. The summed E-state index contributed by atoms with van der Waals surface area (Å²) in [6.07, 6.45) is 6.27. The number of ether oxygens (including phenoxy) is 1. The van der Waals surface area contributed by atoms with Gasteiger partial charge in [-0.1, -0.05) is 37.3 Å². The van der Waals surface area contributed by atoms with Crippen molar-refractivity contribution < 1.29 is 4.74 Å². The van der Waals surface area contributed by atoms with Crippen LogP contribution in [0.15, 0.2) is 54.6 Å². The highest BCUT2D eigenvalue weighted by Crippen LogP contribution is 2.25. The van der Waals surface area contributed by atoms with E-state index in [1.807, 2.05) is 30.3 Å². The molecule has 2 aromatic rings. The highest BCUT2D eigenvalue weighted by molar-refractivity contribution is 7.80. The molecule has 0 bridgehead atoms. The molecule has 3 nitrogen and oxygen atoms in total. The van der Waals surface area contributed by atoms with Crippen LogP contribution in [0.5, 0.6) is 5.75 Å². The number of thiocarbonyl (C=S) groups is 1. The maximum Gasteiger partial charge on any atom is 0.171 e. The topological polar surface area (TPSA) is 33.3 Å². The van der Waals surface area contributed by atoms with Gasteiger partial charge in [0.2, 0.25) is 0 Å². The zero-order valence-corrected chi connectivity index (χ0v) is 15.5. The van der Waals surface area contributed by atoms with Crippen LogP contribution >= 0.6 is 12.2 Å². The fourth-order valence-corrected chi connectivity index (χ4v) is 3.51. The lowest BCUT2D eigenvalue weighted by molar-refractivity contribution is 0.210. The summed E-state index contributed by atoms with van der Waals surface area (Å²) in [5.41, 5.74) is 2.22. The Morgan fingerprint density at radius 3 is 2.40 bits per heavy atom. The zero-order valence-electron chi connectivity index (χ0n) is 14.7. The average Bonchev–Trinajstić information content (AvgIpc) is 3.15. The first-order chi connectivity index (χ1) is 12.2. The molecular weight excluding hydrogens is 328 g/mol. The van der Waals surface area contributed by atoms with Gasteiger partial charge in [-0.3, -0.25) is 0 Å². The SMILES string of the molecule is CCC(NC(=S)Nc1ccc(OC2CCCC2)cc1)c1ccccc1. The summed E-state index contributed by atoms with van der Waals surface area (Å²) in [5.74, 6) is 0.937. The van der Waals surface area contributed by atoms with Crippen LogP contribution in [0.2, 0.25) is 0 Å². The van der Waals surface area contributed by atoms with Gasteiger partial charge in [0.25, 0.3) is 0 Å². The fraction of sp³-hybridized carbons (Fsp3) is 0.381. The van der Waals surface area contributed by atoms with Gasteiger partial charge in [-0.05, 0) is 74.2 Å². The Morgan fingerprint density at radius 2 is 1.76 bits per heavy atom. The molecule has 0 aliphatic heterocycles. The third-order valence-corrected chi connectivity index (χ3v) is 4.85. The largest absolute Gasteiger partial charge is 0.490 e. The molecule has 132 valence electrons. The van der Waals surface area contributed by atoms with Crippen molar-refractivity contribution in [2.24, 2.45) is 0 Å². The monoisotopic (exact) mass is 354 g/mol. The molecule has 3 rings (SSSR count). The zero-order chi connectivity index (χ0) is 17.5. The average molecular weight is 355 g/mol. The number of rotatable bonds is 6. The van der Waals surface area contributed by atoms with Crippen molar-refractivity contribution in [2.75, 3.05) is 5.32 Å². The van der Waals surface area contributed by atoms with Gasteiger partial charge >= 0.3 is 0 Å². The number of anilines is 1. The standard InChI is InChI=1S/C21H26N2OS/c1-2-20(16-8-4-3-5-9-16)23-21(25)22-17-12-14-19(15-13-17)24-18-10-6-7-11-18/h3-5,8-9,12-15,18,20H,2,6-7,10-11H2,1H3,(H2,22,23,25). The van der Waals surface area contributed by atoms with E-state index in [2.05, 4.69) is 41.8 Å². The van der Waals surface area contributed by atoms with Crippen LogP contribution in [0.25, 0.3) is 0 Å². The Bertz CT molecular complexity index is 666. The van der Waals surface area contributed by atoms with Crippen LogP contribution in [0.4, 0.5) is 5.69 Å². The van der Waals surface area contributed by atoms with Gasteiger partial charge in [0, 0.05) is 5.69 Å². The molecule has 1 fully saturated rings. The van der Waals surface area contributed by atoms with Crippen molar-refractivity contribution in [3.8, 4) is 5.75 Å². The normalized spacial score (nSPS) is 15.6. The van der Waals surface area contributed by atoms with E-state index in [-0.39, 0.29) is 6.04 Å². The van der Waals surface area contributed by atoms with E-state index >= 15 is 0 Å². The lowest BCUT2D eigenvalue weighted by Crippen LogP contribution is -2.32. The molecule has 2 aromatic carbocycles. The maximum absolute atomic E-state index is 6.00. The van der Waals surface area contributed by atoms with Crippen molar-refractivity contribution in [1.82, 2.24) is 5.32 Å². The molecule has 0 heterocycles. The summed E-state index contributed by atoms with van der Waals surface area (Å²) < 4.78 is 6.00. The van der Waals surface area contributed by atoms with Crippen LogP contribution in [0.3, 0.4) is 0 Å². The maximum atomic E-state index is 6.00. The highest BCUT2D eigenvalue weighted by Gasteiger charge is 2.16. The smallest absolute Gasteiger partial charge is 0.171 e. The van der Waals surface area contributed by atoms with Crippen LogP contribution in [0, 0.1) is 0 Å². The van der Waals surface area contributed by atoms with Crippen LogP contribution in [-0.4, -0.2) is 11.2 Å². The van der Waals surface area contributed by atoms with Gasteiger partial charge in [-0.2, -0.15) is 0 Å². The molecule has 0 amide bonds. The summed E-state index contributed by atoms with van der Waals surface area (Å²) in [5, 5.41) is 7.30. The van der Waals surface area contributed by atoms with Gasteiger partial charge in [0.1, 0.15) is 5.75 Å². The van der Waals surface area contributed by atoms with Gasteiger partial charge in [0.15, 0.2) is 5.11 Å². The molecule has 0 spiro atoms. The van der Waals surface area contributed by atoms with Gasteiger partial charge in [-0.15, -0.1) is 0 Å². The number of hydrogen-bond donors (Lipinski definition) is 2. The van der Waals surface area contributed by atoms with Crippen LogP contribution in [0.1, 0.15) is 50.6 Å². The summed E-state index contributed by atoms with van der Waals surface area (Å²) in [4.78, 5) is 0. The minimum atomic E-state index is 0.214. The van der Waals surface area contributed by atoms with Crippen molar-refractivity contribution in [3.05, 3.63) is 60.2 Å². The minimum Gasteiger partial charge on any atom is -0.490 e. The Balaban J connectivity index is 1.53. The number of nitrogens with one attached hydrogen (secondary N) is 2. The Morgan fingerprint density at radius 1 is 1.08 bits per heavy atom. The first-order valence-corrected chi connectivity index (χ1v) is 9.54. The van der Waals surface area contributed by atoms with E-state index < -0.39 is 0 Å². The Hall–Kier alpha value is -2.07. The minimum absolute atomic E-state index is 0.214. The summed E-state index contributed by atoms with van der Waals surface area (Å²) in [7, 11) is 0. The Labute approximate surface area is 155 Å². The number of benzene rings is 2. The summed E-state index contributed by atoms with van der Waals surface area (Å²) in [6.45, 7) is 2.16. The predicted molar refractivity (Wildman–Crippen MR) is 108 cm³/mol. The quantitative estimate of drug-likeness (QED) is 0.676. The van der Waals surface area contributed by atoms with Crippen LogP contribution < -0.4 is 15.4 Å². The van der Waals surface area contributed by atoms with E-state index in [1.165, 1.54) is 31.2 Å². The first kappa shape index (κ1) is 17.7. The second-order valence-corrected chi connectivity index (χ2v) is 6.93. The molecule has 1 unspecified atom stereocenters. The fourth-order valence-electron chi connectivity index (χ4n) is 3.25. The lowest BCUT2D eigenvalue weighted by atomic mass is 10.1. The van der Waals surface area contributed by atoms with Crippen molar-refractivity contribution in [1.29, 1.82) is 0 Å². The van der Waals surface area contributed by atoms with Gasteiger partial charge in [-0.25, -0.2) is 0 Å². The third kappa shape index (κ3) is 5.20. The molecular formula is C21H26N2OS. The molecule has 4 heteroatoms. The first-order valence-electron chi connectivity index (χ1n) is 9.14. The molecule has 0 radical (unpaired) electrons. The highest BCUT2D eigenvalue weighted by atomic mass is 32.1. The molecule has 2 N–H and O–H groups in total. The molecule has 0 aromatic heterocycles. The lowest BCUT2D eigenvalue weighted by Gasteiger charge is -2.20. The molecule has 25 heavy (non-hydrogen) atoms. The third-order valence-electron chi connectivity index (χ3n) is 4.63. The summed E-state index contributed by atoms with van der Waals surface area (Å²) >= 11 is 5.47. The van der Waals surface area contributed by atoms with Gasteiger partial charge < -0.3 is 15.4 Å². The van der Waals surface area contributed by atoms with Crippen molar-refractivity contribution in [2.45, 2.75) is 51.2 Å². The van der Waals surface area contributed by atoms with Crippen LogP contribution in [-0.2, 0) is 0 Å². The molecule has 0 saturated heterocycles. The van der Waals surface area contributed by atoms with E-state index in [0.29, 0.717) is 11.2 Å². The molecule has 1 saturated carbocycles.